The number of fused-ring (bicyclic) bond motifs is 1. The fraction of sp³-hybridized carbons (Fsp3) is 0.143. The summed E-state index contributed by atoms with van der Waals surface area (Å²) in [4.78, 5) is 40.4. The van der Waals surface area contributed by atoms with Crippen LogP contribution in [-0.2, 0) is 4.79 Å². The molecule has 6 heteroatoms. The maximum Gasteiger partial charge on any atom is 0.241 e. The molecule has 20 heavy (non-hydrogen) atoms. The van der Waals surface area contributed by atoms with Crippen LogP contribution in [0.4, 0.5) is 5.69 Å². The Bertz CT molecular complexity index is 722. The van der Waals surface area contributed by atoms with Gasteiger partial charge in [0.1, 0.15) is 11.6 Å². The minimum Gasteiger partial charge on any atom is -0.323 e. The molecule has 1 atom stereocenters. The van der Waals surface area contributed by atoms with Gasteiger partial charge in [-0.1, -0.05) is 6.07 Å². The number of ketones is 2. The summed E-state index contributed by atoms with van der Waals surface area (Å²) in [6.45, 7) is 1.40. The fourth-order valence-electron chi connectivity index (χ4n) is 2.13. The normalized spacial score (nSPS) is 16.6. The molecule has 0 saturated heterocycles. The molecule has 2 aromatic rings. The van der Waals surface area contributed by atoms with Crippen molar-refractivity contribution in [2.45, 2.75) is 12.8 Å². The Labute approximate surface area is 118 Å². The van der Waals surface area contributed by atoms with Crippen LogP contribution in [-0.4, -0.2) is 22.5 Å². The summed E-state index contributed by atoms with van der Waals surface area (Å²) in [5, 5.41) is 4.41. The quantitative estimate of drug-likeness (QED) is 0.693. The second kappa shape index (κ2) is 4.64. The second-order valence-corrected chi connectivity index (χ2v) is 5.40. The van der Waals surface area contributed by atoms with Crippen LogP contribution in [0.15, 0.2) is 29.6 Å². The largest absolute Gasteiger partial charge is 0.323 e. The van der Waals surface area contributed by atoms with Crippen molar-refractivity contribution in [1.82, 2.24) is 4.98 Å². The van der Waals surface area contributed by atoms with Gasteiger partial charge in [-0.25, -0.2) is 4.98 Å². The lowest BCUT2D eigenvalue weighted by molar-refractivity contribution is -0.116. The molecule has 2 aromatic heterocycles. The molecule has 0 fully saturated rings. The Morgan fingerprint density at radius 1 is 1.30 bits per heavy atom. The maximum atomic E-state index is 12.4. The van der Waals surface area contributed by atoms with Gasteiger partial charge >= 0.3 is 0 Å². The zero-order valence-corrected chi connectivity index (χ0v) is 11.4. The van der Waals surface area contributed by atoms with Crippen LogP contribution in [0.3, 0.4) is 0 Å². The minimum absolute atomic E-state index is 0.200. The lowest BCUT2D eigenvalue weighted by Crippen LogP contribution is -2.21. The van der Waals surface area contributed by atoms with E-state index in [2.05, 4.69) is 10.3 Å². The third-order valence-corrected chi connectivity index (χ3v) is 3.99. The van der Waals surface area contributed by atoms with Gasteiger partial charge in [0.05, 0.1) is 16.3 Å². The summed E-state index contributed by atoms with van der Waals surface area (Å²) in [6, 6.07) is 6.58. The van der Waals surface area contributed by atoms with Gasteiger partial charge in [-0.2, -0.15) is 0 Å². The molecule has 1 aliphatic rings. The Balaban J connectivity index is 2.06. The average molecular weight is 286 g/mol. The van der Waals surface area contributed by atoms with E-state index in [1.54, 1.807) is 29.6 Å². The van der Waals surface area contributed by atoms with Crippen LogP contribution in [0.2, 0.25) is 0 Å². The predicted molar refractivity (Wildman–Crippen MR) is 74.3 cm³/mol. The molecule has 3 rings (SSSR count). The van der Waals surface area contributed by atoms with Crippen LogP contribution in [0.5, 0.6) is 0 Å². The van der Waals surface area contributed by atoms with Crippen molar-refractivity contribution in [1.29, 1.82) is 0 Å². The van der Waals surface area contributed by atoms with Crippen molar-refractivity contribution in [2.75, 3.05) is 5.32 Å². The zero-order chi connectivity index (χ0) is 14.3. The molecule has 0 saturated carbocycles. The summed E-state index contributed by atoms with van der Waals surface area (Å²) in [6.07, 6.45) is 0. The molecule has 3 heterocycles. The van der Waals surface area contributed by atoms with Crippen LogP contribution >= 0.6 is 11.3 Å². The molecule has 0 aromatic carbocycles. The van der Waals surface area contributed by atoms with Crippen molar-refractivity contribution in [3.63, 3.8) is 0 Å². The number of thiophene rings is 1. The number of carbonyl (C=O) groups excluding carboxylic acids is 3. The standard InChI is InChI=1S/C14H10N2O3S/c1-7(17)8-4-5-9-12(15-8)11(14(19)16-9)13(18)10-3-2-6-20-10/h2-6,11H,1H3,(H,16,19). The van der Waals surface area contributed by atoms with E-state index >= 15 is 0 Å². The number of amides is 1. The smallest absolute Gasteiger partial charge is 0.241 e. The number of nitrogens with one attached hydrogen (secondary N) is 1. The van der Waals surface area contributed by atoms with E-state index in [-0.39, 0.29) is 17.3 Å². The summed E-state index contributed by atoms with van der Waals surface area (Å²) >= 11 is 1.28. The highest BCUT2D eigenvalue weighted by Crippen LogP contribution is 2.34. The number of hydrogen-bond acceptors (Lipinski definition) is 5. The third-order valence-electron chi connectivity index (χ3n) is 3.11. The molecule has 0 aliphatic carbocycles. The van der Waals surface area contributed by atoms with Gasteiger partial charge in [0.2, 0.25) is 5.91 Å². The molecule has 5 nitrogen and oxygen atoms in total. The van der Waals surface area contributed by atoms with E-state index in [9.17, 15) is 14.4 Å². The Morgan fingerprint density at radius 2 is 2.10 bits per heavy atom. The van der Waals surface area contributed by atoms with E-state index in [1.165, 1.54) is 18.3 Å². The minimum atomic E-state index is -0.969. The van der Waals surface area contributed by atoms with Crippen LogP contribution in [0, 0.1) is 0 Å². The Kier molecular flexibility index (Phi) is 2.94. The van der Waals surface area contributed by atoms with E-state index in [4.69, 9.17) is 0 Å². The van der Waals surface area contributed by atoms with E-state index in [0.717, 1.165) is 0 Å². The van der Waals surface area contributed by atoms with E-state index < -0.39 is 11.8 Å². The van der Waals surface area contributed by atoms with Crippen LogP contribution < -0.4 is 5.32 Å². The Morgan fingerprint density at radius 3 is 2.75 bits per heavy atom. The first-order valence-corrected chi connectivity index (χ1v) is 6.86. The predicted octanol–water partition coefficient (Wildman–Crippen LogP) is 2.26. The maximum absolute atomic E-state index is 12.4. The van der Waals surface area contributed by atoms with Crippen molar-refractivity contribution in [3.05, 3.63) is 45.9 Å². The fourth-order valence-corrected chi connectivity index (χ4v) is 2.82. The lowest BCUT2D eigenvalue weighted by Gasteiger charge is -2.06. The molecular formula is C14H10N2O3S. The van der Waals surface area contributed by atoms with E-state index in [1.807, 2.05) is 0 Å². The highest BCUT2D eigenvalue weighted by atomic mass is 32.1. The van der Waals surface area contributed by atoms with Gasteiger partial charge in [0.25, 0.3) is 0 Å². The highest BCUT2D eigenvalue weighted by molar-refractivity contribution is 7.12. The molecule has 100 valence electrons. The van der Waals surface area contributed by atoms with Crippen molar-refractivity contribution in [2.24, 2.45) is 0 Å². The second-order valence-electron chi connectivity index (χ2n) is 4.45. The van der Waals surface area contributed by atoms with Crippen molar-refractivity contribution < 1.29 is 14.4 Å². The zero-order valence-electron chi connectivity index (χ0n) is 10.5. The summed E-state index contributed by atoms with van der Waals surface area (Å²) in [7, 11) is 0. The first-order valence-electron chi connectivity index (χ1n) is 5.98. The summed E-state index contributed by atoms with van der Waals surface area (Å²) < 4.78 is 0. The number of Topliss-reactive ketones (excluding diaryl/α,β-unsaturated/α-hetero) is 2. The van der Waals surface area contributed by atoms with Gasteiger partial charge in [0, 0.05) is 6.92 Å². The molecule has 0 bridgehead atoms. The molecule has 1 aliphatic heterocycles. The van der Waals surface area contributed by atoms with Crippen molar-refractivity contribution >= 4 is 34.5 Å². The number of aromatic nitrogens is 1. The lowest BCUT2D eigenvalue weighted by atomic mass is 9.99. The van der Waals surface area contributed by atoms with Crippen LogP contribution in [0.25, 0.3) is 0 Å². The molecule has 0 spiro atoms. The summed E-state index contributed by atoms with van der Waals surface area (Å²) in [5.41, 5.74) is 1.08. The van der Waals surface area contributed by atoms with Gasteiger partial charge in [-0.15, -0.1) is 11.3 Å². The third kappa shape index (κ3) is 1.94. The summed E-state index contributed by atoms with van der Waals surface area (Å²) in [5.74, 6) is -1.85. The van der Waals surface area contributed by atoms with Crippen molar-refractivity contribution in [3.8, 4) is 0 Å². The number of nitrogens with zero attached hydrogens (tertiary/aromatic N) is 1. The van der Waals surface area contributed by atoms with E-state index in [0.29, 0.717) is 16.3 Å². The van der Waals surface area contributed by atoms with Gasteiger partial charge in [0.15, 0.2) is 11.6 Å². The first kappa shape index (κ1) is 12.7. The molecule has 1 unspecified atom stereocenters. The molecule has 1 N–H and O–H groups in total. The number of carbonyl (C=O) groups is 3. The molecule has 0 radical (unpaired) electrons. The topological polar surface area (TPSA) is 76.1 Å². The van der Waals surface area contributed by atoms with Crippen LogP contribution in [0.1, 0.15) is 38.7 Å². The average Bonchev–Trinajstić information content (AvgIpc) is 3.03. The number of hydrogen-bond donors (Lipinski definition) is 1. The number of rotatable bonds is 3. The van der Waals surface area contributed by atoms with Gasteiger partial charge in [-0.05, 0) is 23.6 Å². The first-order chi connectivity index (χ1) is 9.58. The van der Waals surface area contributed by atoms with Gasteiger partial charge in [-0.3, -0.25) is 14.4 Å². The molecular weight excluding hydrogens is 276 g/mol. The Hall–Kier alpha value is -2.34. The monoisotopic (exact) mass is 286 g/mol. The van der Waals surface area contributed by atoms with Gasteiger partial charge < -0.3 is 5.32 Å². The highest BCUT2D eigenvalue weighted by Gasteiger charge is 2.39. The SMILES string of the molecule is CC(=O)c1ccc2c(n1)C(C(=O)c1cccs1)C(=O)N2. The molecule has 1 amide bonds. The number of anilines is 1. The number of pyridine rings is 1.